The van der Waals surface area contributed by atoms with Gasteiger partial charge < -0.3 is 9.57 Å². The van der Waals surface area contributed by atoms with Crippen molar-refractivity contribution in [3.8, 4) is 0 Å². The molecule has 1 aromatic rings. The van der Waals surface area contributed by atoms with Crippen LogP contribution < -0.4 is 10.2 Å². The Kier molecular flexibility index (Phi) is 7.25. The second-order valence-electron chi connectivity index (χ2n) is 6.50. The summed E-state index contributed by atoms with van der Waals surface area (Å²) in [5, 5.41) is 10.9. The van der Waals surface area contributed by atoms with Crippen LogP contribution in [0.5, 0.6) is 0 Å². The van der Waals surface area contributed by atoms with Crippen molar-refractivity contribution < 1.29 is 32.5 Å². The smallest absolute Gasteiger partial charge is 0.441 e. The summed E-state index contributed by atoms with van der Waals surface area (Å²) in [4.78, 5) is 37.3. The van der Waals surface area contributed by atoms with Gasteiger partial charge in [0.15, 0.2) is 4.90 Å². The van der Waals surface area contributed by atoms with E-state index in [1.807, 2.05) is 0 Å². The van der Waals surface area contributed by atoms with Crippen LogP contribution in [0.4, 0.5) is 10.5 Å². The molecule has 2 N–H and O–H groups in total. The molecular weight excluding hydrogens is 382 g/mol. The van der Waals surface area contributed by atoms with Gasteiger partial charge >= 0.3 is 12.1 Å². The van der Waals surface area contributed by atoms with E-state index in [1.165, 1.54) is 19.1 Å². The Morgan fingerprint density at radius 2 is 1.85 bits per heavy atom. The zero-order chi connectivity index (χ0) is 20.8. The van der Waals surface area contributed by atoms with Crippen LogP contribution in [0.3, 0.4) is 0 Å². The summed E-state index contributed by atoms with van der Waals surface area (Å²) in [5.74, 6) is -1.91. The lowest BCUT2D eigenvalue weighted by Gasteiger charge is -2.19. The molecule has 0 radical (unpaired) electrons. The maximum Gasteiger partial charge on any atom is 0.441 e. The molecule has 0 aliphatic carbocycles. The molecule has 1 unspecified atom stereocenters. The number of para-hydroxylation sites is 1. The van der Waals surface area contributed by atoms with Crippen molar-refractivity contribution in [3.63, 3.8) is 0 Å². The molecule has 1 aromatic carbocycles. The number of sulfonamides is 1. The summed E-state index contributed by atoms with van der Waals surface area (Å²) in [6.07, 6.45) is -0.983. The Hall–Kier alpha value is -2.73. The van der Waals surface area contributed by atoms with Crippen LogP contribution in [0, 0.1) is 16.0 Å². The molecule has 0 aliphatic heterocycles. The van der Waals surface area contributed by atoms with E-state index in [2.05, 4.69) is 9.56 Å². The lowest BCUT2D eigenvalue weighted by Crippen LogP contribution is -2.38. The van der Waals surface area contributed by atoms with E-state index in [9.17, 15) is 28.1 Å². The number of nitro groups is 1. The average molecular weight is 403 g/mol. The monoisotopic (exact) mass is 403 g/mol. The molecule has 11 nitrogen and oxygen atoms in total. The lowest BCUT2D eigenvalue weighted by atomic mass is 10.2. The van der Waals surface area contributed by atoms with Gasteiger partial charge in [-0.15, -0.1) is 5.48 Å². The van der Waals surface area contributed by atoms with Crippen molar-refractivity contribution in [1.82, 2.24) is 10.2 Å². The molecule has 0 fully saturated rings. The van der Waals surface area contributed by atoms with Crippen molar-refractivity contribution in [2.24, 2.45) is 5.92 Å². The third-order valence-electron chi connectivity index (χ3n) is 2.97. The molecule has 0 aromatic heterocycles. The Morgan fingerprint density at radius 3 is 2.41 bits per heavy atom. The van der Waals surface area contributed by atoms with Crippen LogP contribution in [-0.4, -0.2) is 37.5 Å². The minimum atomic E-state index is -4.23. The van der Waals surface area contributed by atoms with Gasteiger partial charge in [-0.1, -0.05) is 19.1 Å². The SMILES string of the molecule is CC(CNS(=O)(=O)c1ccccc1[N+](=O)[O-])C(=O)ONC(=O)OC(C)(C)C. The molecule has 1 amide bonds. The molecule has 0 aliphatic rings. The van der Waals surface area contributed by atoms with E-state index in [1.54, 1.807) is 26.3 Å². The second kappa shape index (κ2) is 8.77. The third kappa shape index (κ3) is 7.19. The molecular formula is C15H21N3O8S. The zero-order valence-corrected chi connectivity index (χ0v) is 16.0. The average Bonchev–Trinajstić information content (AvgIpc) is 2.56. The van der Waals surface area contributed by atoms with Crippen LogP contribution >= 0.6 is 0 Å². The van der Waals surface area contributed by atoms with Gasteiger partial charge in [0.25, 0.3) is 5.69 Å². The number of ether oxygens (including phenoxy) is 1. The summed E-state index contributed by atoms with van der Waals surface area (Å²) < 4.78 is 31.5. The van der Waals surface area contributed by atoms with Crippen LogP contribution in [0.2, 0.25) is 0 Å². The molecule has 0 saturated heterocycles. The molecule has 27 heavy (non-hydrogen) atoms. The molecule has 150 valence electrons. The Morgan fingerprint density at radius 1 is 1.26 bits per heavy atom. The maximum atomic E-state index is 12.2. The first-order valence-corrected chi connectivity index (χ1v) is 9.24. The van der Waals surface area contributed by atoms with E-state index in [4.69, 9.17) is 4.74 Å². The fourth-order valence-electron chi connectivity index (χ4n) is 1.72. The zero-order valence-electron chi connectivity index (χ0n) is 15.2. The van der Waals surface area contributed by atoms with Crippen molar-refractivity contribution in [3.05, 3.63) is 34.4 Å². The molecule has 1 atom stereocenters. The van der Waals surface area contributed by atoms with Crippen molar-refractivity contribution in [2.75, 3.05) is 6.54 Å². The summed E-state index contributed by atoms with van der Waals surface area (Å²) >= 11 is 0. The summed E-state index contributed by atoms with van der Waals surface area (Å²) in [6, 6.07) is 4.80. The van der Waals surface area contributed by atoms with Gasteiger partial charge in [-0.05, 0) is 26.8 Å². The number of rotatable bonds is 6. The van der Waals surface area contributed by atoms with Gasteiger partial charge in [-0.25, -0.2) is 22.7 Å². The lowest BCUT2D eigenvalue weighted by molar-refractivity contribution is -0.387. The number of benzene rings is 1. The Labute approximate surface area is 156 Å². The predicted molar refractivity (Wildman–Crippen MR) is 92.9 cm³/mol. The summed E-state index contributed by atoms with van der Waals surface area (Å²) in [6.45, 7) is 5.81. The van der Waals surface area contributed by atoms with Crippen molar-refractivity contribution in [1.29, 1.82) is 0 Å². The standard InChI is InChI=1S/C15H21N3O8S/c1-10(13(19)26-17-14(20)25-15(2,3)4)9-16-27(23,24)12-8-6-5-7-11(12)18(21)22/h5-8,10,16H,9H2,1-4H3,(H,17,20). The first-order valence-electron chi connectivity index (χ1n) is 7.76. The number of hydrogen-bond acceptors (Lipinski definition) is 8. The molecule has 1 rings (SSSR count). The van der Waals surface area contributed by atoms with E-state index < -0.39 is 55.7 Å². The number of amides is 1. The molecule has 0 heterocycles. The van der Waals surface area contributed by atoms with E-state index in [0.717, 1.165) is 12.1 Å². The number of carbonyl (C=O) groups excluding carboxylic acids is 2. The number of carbonyl (C=O) groups is 2. The Bertz CT molecular complexity index is 817. The largest absolute Gasteiger partial charge is 0.442 e. The number of nitrogens with zero attached hydrogens (tertiary/aromatic N) is 1. The highest BCUT2D eigenvalue weighted by Crippen LogP contribution is 2.22. The van der Waals surface area contributed by atoms with Crippen LogP contribution in [-0.2, 0) is 24.4 Å². The number of nitro benzene ring substituents is 1. The fraction of sp³-hybridized carbons (Fsp3) is 0.467. The third-order valence-corrected chi connectivity index (χ3v) is 4.44. The summed E-state index contributed by atoms with van der Waals surface area (Å²) in [5.41, 5.74) is 0.415. The number of hydrogen-bond donors (Lipinski definition) is 2. The highest BCUT2D eigenvalue weighted by molar-refractivity contribution is 7.89. The molecule has 0 spiro atoms. The van der Waals surface area contributed by atoms with Crippen LogP contribution in [0.25, 0.3) is 0 Å². The van der Waals surface area contributed by atoms with Crippen molar-refractivity contribution in [2.45, 2.75) is 38.2 Å². The van der Waals surface area contributed by atoms with E-state index in [0.29, 0.717) is 0 Å². The van der Waals surface area contributed by atoms with Crippen molar-refractivity contribution >= 4 is 27.8 Å². The molecule has 0 saturated carbocycles. The minimum Gasteiger partial charge on any atom is -0.442 e. The van der Waals surface area contributed by atoms with Crippen LogP contribution in [0.1, 0.15) is 27.7 Å². The predicted octanol–water partition coefficient (Wildman–Crippen LogP) is 1.49. The van der Waals surface area contributed by atoms with Crippen LogP contribution in [0.15, 0.2) is 29.2 Å². The van der Waals surface area contributed by atoms with Gasteiger partial charge in [-0.2, -0.15) is 0 Å². The fourth-order valence-corrected chi connectivity index (χ4v) is 3.02. The van der Waals surface area contributed by atoms with Gasteiger partial charge in [0, 0.05) is 12.6 Å². The highest BCUT2D eigenvalue weighted by atomic mass is 32.2. The Balaban J connectivity index is 2.65. The van der Waals surface area contributed by atoms with E-state index in [-0.39, 0.29) is 0 Å². The van der Waals surface area contributed by atoms with Gasteiger partial charge in [-0.3, -0.25) is 10.1 Å². The molecule has 0 bridgehead atoms. The highest BCUT2D eigenvalue weighted by Gasteiger charge is 2.27. The molecule has 12 heteroatoms. The maximum absolute atomic E-state index is 12.2. The quantitative estimate of drug-likeness (QED) is 0.535. The number of hydroxylamine groups is 1. The van der Waals surface area contributed by atoms with E-state index >= 15 is 0 Å². The van der Waals surface area contributed by atoms with Gasteiger partial charge in [0.1, 0.15) is 5.60 Å². The van der Waals surface area contributed by atoms with Gasteiger partial charge in [0.2, 0.25) is 10.0 Å². The first-order chi connectivity index (χ1) is 12.3. The normalized spacial score (nSPS) is 12.7. The van der Waals surface area contributed by atoms with Gasteiger partial charge in [0.05, 0.1) is 10.8 Å². The minimum absolute atomic E-state index is 0.400. The second-order valence-corrected chi connectivity index (χ2v) is 8.24. The number of nitrogens with one attached hydrogen (secondary N) is 2. The summed E-state index contributed by atoms with van der Waals surface area (Å²) in [7, 11) is -4.23. The topological polar surface area (TPSA) is 154 Å². The first kappa shape index (κ1) is 22.3.